The summed E-state index contributed by atoms with van der Waals surface area (Å²) in [5.41, 5.74) is 1.39. The minimum Gasteiger partial charge on any atom is -0.315 e. The fourth-order valence-corrected chi connectivity index (χ4v) is 3.38. The van der Waals surface area contributed by atoms with Gasteiger partial charge in [0.15, 0.2) is 0 Å². The van der Waals surface area contributed by atoms with Crippen LogP contribution in [0.15, 0.2) is 28.7 Å². The topological polar surface area (TPSA) is 15.3 Å². The van der Waals surface area contributed by atoms with Crippen LogP contribution < -0.4 is 5.32 Å². The van der Waals surface area contributed by atoms with Gasteiger partial charge < -0.3 is 5.32 Å². The average Bonchev–Trinajstić information content (AvgIpc) is 2.84. The molecule has 1 aromatic rings. The Morgan fingerprint density at radius 2 is 2.24 bits per heavy atom. The molecule has 94 valence electrons. The summed E-state index contributed by atoms with van der Waals surface area (Å²) in [4.78, 5) is 2.60. The predicted molar refractivity (Wildman–Crippen MR) is 76.2 cm³/mol. The molecule has 1 aliphatic rings. The first-order valence-corrected chi connectivity index (χ1v) is 7.24. The summed E-state index contributed by atoms with van der Waals surface area (Å²) in [6, 6.07) is 9.71. The molecule has 3 heteroatoms. The summed E-state index contributed by atoms with van der Waals surface area (Å²) >= 11 is 3.66. The number of hydrogen-bond donors (Lipinski definition) is 1. The van der Waals surface area contributed by atoms with Crippen molar-refractivity contribution in [1.29, 1.82) is 0 Å². The minimum atomic E-state index is 0.473. The molecule has 0 aromatic heterocycles. The molecule has 2 unspecified atom stereocenters. The van der Waals surface area contributed by atoms with E-state index in [-0.39, 0.29) is 0 Å². The standard InChI is InChI=1S/C14H21BrN2/c1-3-17(12-8-9-16-10-12)11(2)13-6-4-5-7-14(13)15/h4-7,11-12,16H,3,8-10H2,1-2H3. The van der Waals surface area contributed by atoms with E-state index in [0.717, 1.165) is 19.6 Å². The molecule has 0 amide bonds. The molecule has 1 N–H and O–H groups in total. The van der Waals surface area contributed by atoms with Gasteiger partial charge in [0.05, 0.1) is 0 Å². The van der Waals surface area contributed by atoms with E-state index < -0.39 is 0 Å². The lowest BCUT2D eigenvalue weighted by atomic mass is 10.0. The molecule has 1 fully saturated rings. The Bertz CT molecular complexity index is 361. The van der Waals surface area contributed by atoms with Crippen molar-refractivity contribution < 1.29 is 0 Å². The van der Waals surface area contributed by atoms with E-state index in [1.54, 1.807) is 0 Å². The number of nitrogens with zero attached hydrogens (tertiary/aromatic N) is 1. The van der Waals surface area contributed by atoms with Gasteiger partial charge in [-0.15, -0.1) is 0 Å². The summed E-state index contributed by atoms with van der Waals surface area (Å²) in [7, 11) is 0. The quantitative estimate of drug-likeness (QED) is 0.918. The summed E-state index contributed by atoms with van der Waals surface area (Å²) in [6.45, 7) is 7.95. The highest BCUT2D eigenvalue weighted by molar-refractivity contribution is 9.10. The van der Waals surface area contributed by atoms with Gasteiger partial charge in [0.2, 0.25) is 0 Å². The van der Waals surface area contributed by atoms with E-state index in [0.29, 0.717) is 12.1 Å². The second-order valence-electron chi connectivity index (χ2n) is 4.67. The van der Waals surface area contributed by atoms with Gasteiger partial charge in [0.1, 0.15) is 0 Å². The maximum absolute atomic E-state index is 3.66. The van der Waals surface area contributed by atoms with Crippen molar-refractivity contribution in [2.24, 2.45) is 0 Å². The van der Waals surface area contributed by atoms with Crippen LogP contribution in [0.25, 0.3) is 0 Å². The second-order valence-corrected chi connectivity index (χ2v) is 5.53. The first-order chi connectivity index (χ1) is 8.24. The van der Waals surface area contributed by atoms with Crippen LogP contribution >= 0.6 is 15.9 Å². The van der Waals surface area contributed by atoms with Gasteiger partial charge in [-0.3, -0.25) is 4.90 Å². The zero-order valence-corrected chi connectivity index (χ0v) is 12.2. The molecule has 0 bridgehead atoms. The van der Waals surface area contributed by atoms with Crippen molar-refractivity contribution in [2.45, 2.75) is 32.4 Å². The van der Waals surface area contributed by atoms with E-state index in [4.69, 9.17) is 0 Å². The number of nitrogens with one attached hydrogen (secondary N) is 1. The Balaban J connectivity index is 2.16. The van der Waals surface area contributed by atoms with Crippen LogP contribution in [0, 0.1) is 0 Å². The monoisotopic (exact) mass is 296 g/mol. The molecule has 1 aliphatic heterocycles. The van der Waals surface area contributed by atoms with Gasteiger partial charge in [0.25, 0.3) is 0 Å². The van der Waals surface area contributed by atoms with Crippen LogP contribution in [0.2, 0.25) is 0 Å². The third-order valence-corrected chi connectivity index (χ3v) is 4.44. The highest BCUT2D eigenvalue weighted by Crippen LogP contribution is 2.29. The predicted octanol–water partition coefficient (Wildman–Crippen LogP) is 3.19. The summed E-state index contributed by atoms with van der Waals surface area (Å²) in [5.74, 6) is 0. The van der Waals surface area contributed by atoms with E-state index in [1.165, 1.54) is 16.5 Å². The van der Waals surface area contributed by atoms with Crippen LogP contribution in [0.3, 0.4) is 0 Å². The number of hydrogen-bond acceptors (Lipinski definition) is 2. The molecule has 0 spiro atoms. The van der Waals surface area contributed by atoms with Crippen LogP contribution in [0.5, 0.6) is 0 Å². The van der Waals surface area contributed by atoms with Crippen LogP contribution in [0.1, 0.15) is 31.9 Å². The lowest BCUT2D eigenvalue weighted by Crippen LogP contribution is -2.38. The summed E-state index contributed by atoms with van der Waals surface area (Å²) in [5, 5.41) is 3.45. The minimum absolute atomic E-state index is 0.473. The largest absolute Gasteiger partial charge is 0.315 e. The Labute approximate surface area is 113 Å². The molecule has 0 saturated carbocycles. The first-order valence-electron chi connectivity index (χ1n) is 6.45. The maximum Gasteiger partial charge on any atom is 0.0334 e. The molecule has 1 saturated heterocycles. The molecular weight excluding hydrogens is 276 g/mol. The normalized spacial score (nSPS) is 22.0. The Hall–Kier alpha value is -0.380. The number of likely N-dealkylation sites (N-methyl/N-ethyl adjacent to an activating group) is 1. The Morgan fingerprint density at radius 1 is 1.47 bits per heavy atom. The fraction of sp³-hybridized carbons (Fsp3) is 0.571. The van der Waals surface area contributed by atoms with Crippen LogP contribution in [-0.2, 0) is 0 Å². The first kappa shape index (κ1) is 13.1. The molecule has 0 radical (unpaired) electrons. The molecule has 17 heavy (non-hydrogen) atoms. The van der Waals surface area contributed by atoms with Crippen molar-refractivity contribution >= 4 is 15.9 Å². The average molecular weight is 297 g/mol. The molecule has 0 aliphatic carbocycles. The summed E-state index contributed by atoms with van der Waals surface area (Å²) < 4.78 is 1.22. The summed E-state index contributed by atoms with van der Waals surface area (Å²) in [6.07, 6.45) is 1.27. The van der Waals surface area contributed by atoms with Crippen molar-refractivity contribution in [3.05, 3.63) is 34.3 Å². The van der Waals surface area contributed by atoms with Crippen LogP contribution in [-0.4, -0.2) is 30.6 Å². The van der Waals surface area contributed by atoms with Gasteiger partial charge in [-0.05, 0) is 38.1 Å². The molecule has 2 nitrogen and oxygen atoms in total. The molecule has 2 rings (SSSR count). The Kier molecular flexibility index (Phi) is 4.60. The number of rotatable bonds is 4. The van der Waals surface area contributed by atoms with Gasteiger partial charge in [-0.1, -0.05) is 41.1 Å². The zero-order valence-electron chi connectivity index (χ0n) is 10.6. The van der Waals surface area contributed by atoms with Gasteiger partial charge in [-0.25, -0.2) is 0 Å². The van der Waals surface area contributed by atoms with E-state index >= 15 is 0 Å². The van der Waals surface area contributed by atoms with E-state index in [1.807, 2.05) is 0 Å². The zero-order chi connectivity index (χ0) is 12.3. The van der Waals surface area contributed by atoms with Crippen molar-refractivity contribution in [3.63, 3.8) is 0 Å². The van der Waals surface area contributed by atoms with Gasteiger partial charge in [-0.2, -0.15) is 0 Å². The SMILES string of the molecule is CCN(C1CCNC1)C(C)c1ccccc1Br. The smallest absolute Gasteiger partial charge is 0.0334 e. The highest BCUT2D eigenvalue weighted by atomic mass is 79.9. The second kappa shape index (κ2) is 5.98. The van der Waals surface area contributed by atoms with Gasteiger partial charge >= 0.3 is 0 Å². The molecule has 2 atom stereocenters. The highest BCUT2D eigenvalue weighted by Gasteiger charge is 2.26. The van der Waals surface area contributed by atoms with E-state index in [9.17, 15) is 0 Å². The molecular formula is C14H21BrN2. The lowest BCUT2D eigenvalue weighted by molar-refractivity contribution is 0.162. The molecule has 1 aromatic carbocycles. The van der Waals surface area contributed by atoms with E-state index in [2.05, 4.69) is 64.3 Å². The van der Waals surface area contributed by atoms with Crippen molar-refractivity contribution in [3.8, 4) is 0 Å². The van der Waals surface area contributed by atoms with Crippen LogP contribution in [0.4, 0.5) is 0 Å². The third kappa shape index (κ3) is 2.90. The van der Waals surface area contributed by atoms with Crippen molar-refractivity contribution in [2.75, 3.05) is 19.6 Å². The number of halogens is 1. The van der Waals surface area contributed by atoms with Gasteiger partial charge in [0, 0.05) is 23.1 Å². The fourth-order valence-electron chi connectivity index (χ4n) is 2.76. The third-order valence-electron chi connectivity index (χ3n) is 3.72. The maximum atomic E-state index is 3.66. The lowest BCUT2D eigenvalue weighted by Gasteiger charge is -2.33. The Morgan fingerprint density at radius 3 is 2.82 bits per heavy atom. The van der Waals surface area contributed by atoms with Crippen molar-refractivity contribution in [1.82, 2.24) is 10.2 Å². The molecule has 1 heterocycles. The number of benzene rings is 1.